The summed E-state index contributed by atoms with van der Waals surface area (Å²) in [7, 11) is 3.82. The van der Waals surface area contributed by atoms with E-state index < -0.39 is 5.60 Å². The molecule has 1 amide bonds. The first-order valence-electron chi connectivity index (χ1n) is 7.90. The maximum Gasteiger partial charge on any atom is 0.410 e. The second-order valence-corrected chi connectivity index (χ2v) is 7.08. The van der Waals surface area contributed by atoms with Crippen LogP contribution >= 0.6 is 0 Å². The lowest BCUT2D eigenvalue weighted by Gasteiger charge is -2.30. The number of rotatable bonds is 4. The second-order valence-electron chi connectivity index (χ2n) is 7.08. The number of likely N-dealkylation sites (tertiary alicyclic amines) is 1. The van der Waals surface area contributed by atoms with Gasteiger partial charge in [-0.15, -0.1) is 0 Å². The number of likely N-dealkylation sites (N-methyl/N-ethyl adjacent to an activating group) is 1. The van der Waals surface area contributed by atoms with Crippen molar-refractivity contribution in [2.75, 3.05) is 20.1 Å². The molecule has 0 bridgehead atoms. The van der Waals surface area contributed by atoms with Gasteiger partial charge in [0, 0.05) is 39.1 Å². The van der Waals surface area contributed by atoms with Crippen molar-refractivity contribution < 1.29 is 9.53 Å². The van der Waals surface area contributed by atoms with Gasteiger partial charge in [-0.2, -0.15) is 0 Å². The third-order valence-corrected chi connectivity index (χ3v) is 3.95. The number of amides is 1. The molecule has 124 valence electrons. The lowest BCUT2D eigenvalue weighted by Crippen LogP contribution is -2.43. The Balaban J connectivity index is 1.91. The van der Waals surface area contributed by atoms with Gasteiger partial charge in [0.25, 0.3) is 0 Å². The third kappa shape index (κ3) is 4.47. The number of carbonyl (C=O) groups is 1. The minimum atomic E-state index is -0.451. The summed E-state index contributed by atoms with van der Waals surface area (Å²) in [4.78, 5) is 20.6. The highest BCUT2D eigenvalue weighted by Gasteiger charge is 2.29. The Labute approximate surface area is 133 Å². The van der Waals surface area contributed by atoms with E-state index in [0.717, 1.165) is 31.8 Å². The van der Waals surface area contributed by atoms with Crippen LogP contribution in [0.5, 0.6) is 0 Å². The Bertz CT molecular complexity index is 506. The Kier molecular flexibility index (Phi) is 5.11. The fraction of sp³-hybridized carbons (Fsp3) is 0.750. The van der Waals surface area contributed by atoms with E-state index in [1.807, 2.05) is 51.8 Å². The van der Waals surface area contributed by atoms with Crippen molar-refractivity contribution in [3.8, 4) is 0 Å². The molecule has 1 fully saturated rings. The zero-order valence-electron chi connectivity index (χ0n) is 14.4. The lowest BCUT2D eigenvalue weighted by molar-refractivity contribution is 0.0255. The third-order valence-electron chi connectivity index (χ3n) is 3.95. The van der Waals surface area contributed by atoms with Gasteiger partial charge in [-0.3, -0.25) is 4.90 Å². The second kappa shape index (κ2) is 6.69. The van der Waals surface area contributed by atoms with Gasteiger partial charge in [0.15, 0.2) is 0 Å². The fourth-order valence-electron chi connectivity index (χ4n) is 2.77. The molecular weight excluding hydrogens is 280 g/mol. The predicted octanol–water partition coefficient (Wildman–Crippen LogP) is 2.25. The zero-order valence-corrected chi connectivity index (χ0v) is 14.4. The first kappa shape index (κ1) is 16.8. The van der Waals surface area contributed by atoms with Crippen molar-refractivity contribution in [2.45, 2.75) is 51.8 Å². The average molecular weight is 308 g/mol. The van der Waals surface area contributed by atoms with E-state index in [2.05, 4.69) is 9.88 Å². The average Bonchev–Trinajstić information content (AvgIpc) is 2.99. The highest BCUT2D eigenvalue weighted by molar-refractivity contribution is 5.67. The van der Waals surface area contributed by atoms with Gasteiger partial charge in [-0.05, 0) is 40.2 Å². The molecule has 1 aromatic rings. The van der Waals surface area contributed by atoms with E-state index >= 15 is 0 Å². The summed E-state index contributed by atoms with van der Waals surface area (Å²) in [6, 6.07) is 0.370. The van der Waals surface area contributed by atoms with Crippen LogP contribution in [0.3, 0.4) is 0 Å². The first-order valence-corrected chi connectivity index (χ1v) is 7.90. The molecule has 2 heterocycles. The molecule has 6 nitrogen and oxygen atoms in total. The van der Waals surface area contributed by atoms with Crippen LogP contribution < -0.4 is 0 Å². The van der Waals surface area contributed by atoms with Crippen LogP contribution in [0.25, 0.3) is 0 Å². The van der Waals surface area contributed by atoms with E-state index in [4.69, 9.17) is 4.74 Å². The van der Waals surface area contributed by atoms with Gasteiger partial charge in [0.1, 0.15) is 11.4 Å². The van der Waals surface area contributed by atoms with Crippen molar-refractivity contribution in [1.29, 1.82) is 0 Å². The quantitative estimate of drug-likeness (QED) is 0.856. The van der Waals surface area contributed by atoms with Gasteiger partial charge < -0.3 is 14.2 Å². The smallest absolute Gasteiger partial charge is 0.410 e. The lowest BCUT2D eigenvalue weighted by atomic mass is 10.2. The van der Waals surface area contributed by atoms with Gasteiger partial charge in [-0.25, -0.2) is 9.78 Å². The minimum absolute atomic E-state index is 0.253. The van der Waals surface area contributed by atoms with Gasteiger partial charge >= 0.3 is 6.09 Å². The molecule has 1 unspecified atom stereocenters. The van der Waals surface area contributed by atoms with E-state index in [0.29, 0.717) is 12.6 Å². The maximum absolute atomic E-state index is 12.1. The van der Waals surface area contributed by atoms with E-state index in [1.54, 1.807) is 4.90 Å². The van der Waals surface area contributed by atoms with Gasteiger partial charge in [0.2, 0.25) is 0 Å². The maximum atomic E-state index is 12.1. The Morgan fingerprint density at radius 1 is 1.50 bits per heavy atom. The molecule has 1 aliphatic rings. The highest BCUT2D eigenvalue weighted by atomic mass is 16.6. The largest absolute Gasteiger partial charge is 0.444 e. The molecule has 1 aromatic heterocycles. The minimum Gasteiger partial charge on any atom is -0.444 e. The molecule has 0 saturated carbocycles. The molecular formula is C16H28N4O2. The number of hydrogen-bond donors (Lipinski definition) is 0. The summed E-state index contributed by atoms with van der Waals surface area (Å²) in [5, 5.41) is 0. The van der Waals surface area contributed by atoms with Crippen molar-refractivity contribution in [3.63, 3.8) is 0 Å². The summed E-state index contributed by atoms with van der Waals surface area (Å²) in [6.45, 7) is 8.25. The summed E-state index contributed by atoms with van der Waals surface area (Å²) < 4.78 is 7.47. The van der Waals surface area contributed by atoms with Crippen LogP contribution in [-0.2, 0) is 18.3 Å². The van der Waals surface area contributed by atoms with Crippen LogP contribution in [0.1, 0.15) is 39.4 Å². The van der Waals surface area contributed by atoms with Crippen molar-refractivity contribution in [2.24, 2.45) is 7.05 Å². The van der Waals surface area contributed by atoms with Crippen molar-refractivity contribution in [1.82, 2.24) is 19.4 Å². The number of carbonyl (C=O) groups excluding carboxylic acids is 1. The normalized spacial score (nSPS) is 19.4. The molecule has 2 rings (SSSR count). The molecule has 0 spiro atoms. The standard InChI is InChI=1S/C16H28N4O2/c1-16(2,3)22-15(21)19(5)11-13-7-6-9-20(13)12-14-17-8-10-18(14)4/h8,10,13H,6-7,9,11-12H2,1-5H3. The predicted molar refractivity (Wildman–Crippen MR) is 85.5 cm³/mol. The topological polar surface area (TPSA) is 50.6 Å². The molecule has 0 N–H and O–H groups in total. The first-order chi connectivity index (χ1) is 10.3. The van der Waals surface area contributed by atoms with Gasteiger partial charge in [-0.1, -0.05) is 0 Å². The summed E-state index contributed by atoms with van der Waals surface area (Å²) in [5.74, 6) is 1.06. The number of aryl methyl sites for hydroxylation is 1. The Hall–Kier alpha value is -1.56. The number of ether oxygens (including phenoxy) is 1. The SMILES string of the molecule is CN(CC1CCCN1Cc1nccn1C)C(=O)OC(C)(C)C. The van der Waals surface area contributed by atoms with E-state index in [1.165, 1.54) is 0 Å². The van der Waals surface area contributed by atoms with Crippen molar-refractivity contribution in [3.05, 3.63) is 18.2 Å². The fourth-order valence-corrected chi connectivity index (χ4v) is 2.77. The zero-order chi connectivity index (χ0) is 16.3. The Morgan fingerprint density at radius 2 is 2.23 bits per heavy atom. The van der Waals surface area contributed by atoms with Crippen molar-refractivity contribution >= 4 is 6.09 Å². The van der Waals surface area contributed by atoms with E-state index in [9.17, 15) is 4.79 Å². The van der Waals surface area contributed by atoms with Crippen LogP contribution in [-0.4, -0.2) is 57.2 Å². The van der Waals surface area contributed by atoms with Crippen LogP contribution in [0.4, 0.5) is 4.79 Å². The molecule has 0 aliphatic carbocycles. The van der Waals surface area contributed by atoms with Crippen LogP contribution in [0, 0.1) is 0 Å². The number of nitrogens with zero attached hydrogens (tertiary/aromatic N) is 4. The molecule has 1 atom stereocenters. The molecule has 1 saturated heterocycles. The van der Waals surface area contributed by atoms with Crippen LogP contribution in [0.2, 0.25) is 0 Å². The summed E-state index contributed by atoms with van der Waals surface area (Å²) in [5.41, 5.74) is -0.451. The van der Waals surface area contributed by atoms with Crippen LogP contribution in [0.15, 0.2) is 12.4 Å². The number of hydrogen-bond acceptors (Lipinski definition) is 4. The molecule has 6 heteroatoms. The summed E-state index contributed by atoms with van der Waals surface area (Å²) >= 11 is 0. The molecule has 1 aliphatic heterocycles. The number of imidazole rings is 1. The number of aromatic nitrogens is 2. The monoisotopic (exact) mass is 308 g/mol. The highest BCUT2D eigenvalue weighted by Crippen LogP contribution is 2.21. The Morgan fingerprint density at radius 3 is 2.82 bits per heavy atom. The molecule has 0 radical (unpaired) electrons. The molecule has 22 heavy (non-hydrogen) atoms. The van der Waals surface area contributed by atoms with Gasteiger partial charge in [0.05, 0.1) is 6.54 Å². The van der Waals surface area contributed by atoms with E-state index in [-0.39, 0.29) is 6.09 Å². The summed E-state index contributed by atoms with van der Waals surface area (Å²) in [6.07, 6.45) is 5.81. The molecule has 0 aromatic carbocycles.